The first-order valence-corrected chi connectivity index (χ1v) is 6.78. The molecule has 0 atom stereocenters. The zero-order chi connectivity index (χ0) is 14.8. The first kappa shape index (κ1) is 16.2. The average Bonchev–Trinajstić information content (AvgIpc) is 2.49. The maximum Gasteiger partial charge on any atom is 0.305 e. The number of hydrogen-bond donors (Lipinski definition) is 2. The van der Waals surface area contributed by atoms with Crippen LogP contribution >= 0.6 is 12.2 Å². The molecule has 1 aromatic carbocycles. The molecule has 1 aromatic rings. The Bertz CT molecular complexity index is 452. The molecule has 0 spiro atoms. The van der Waals surface area contributed by atoms with Gasteiger partial charge in [0.2, 0.25) is 0 Å². The van der Waals surface area contributed by atoms with E-state index in [0.717, 1.165) is 11.3 Å². The number of hydrogen-bond acceptors (Lipinski definition) is 4. The van der Waals surface area contributed by atoms with Crippen molar-refractivity contribution in [3.05, 3.63) is 29.8 Å². The van der Waals surface area contributed by atoms with E-state index in [1.165, 1.54) is 7.11 Å². The van der Waals surface area contributed by atoms with E-state index in [1.54, 1.807) is 7.11 Å². The summed E-state index contributed by atoms with van der Waals surface area (Å²) in [7, 11) is 3.02. The van der Waals surface area contributed by atoms with Gasteiger partial charge in [-0.1, -0.05) is 12.1 Å². The summed E-state index contributed by atoms with van der Waals surface area (Å²) in [6.07, 6.45) is 1.08. The lowest BCUT2D eigenvalue weighted by atomic mass is 10.2. The molecule has 0 aliphatic carbocycles. The van der Waals surface area contributed by atoms with Crippen LogP contribution in [0.15, 0.2) is 24.3 Å². The fraction of sp³-hybridized carbons (Fsp3) is 0.429. The Balaban J connectivity index is 2.20. The van der Waals surface area contributed by atoms with Gasteiger partial charge in [0.1, 0.15) is 5.75 Å². The molecule has 0 bridgehead atoms. The predicted molar refractivity (Wildman–Crippen MR) is 81.7 cm³/mol. The standard InChI is InChI=1S/C14H20N2O3S/c1-18-12-6-3-5-11(9-12)10-16-14(20)15-8-4-7-13(17)19-2/h3,5-6,9H,4,7-8,10H2,1-2H3,(H2,15,16,20). The summed E-state index contributed by atoms with van der Waals surface area (Å²) >= 11 is 5.15. The van der Waals surface area contributed by atoms with Crippen LogP contribution in [0.4, 0.5) is 0 Å². The Morgan fingerprint density at radius 1 is 1.30 bits per heavy atom. The number of carbonyl (C=O) groups excluding carboxylic acids is 1. The Labute approximate surface area is 124 Å². The van der Waals surface area contributed by atoms with Crippen LogP contribution in [0.25, 0.3) is 0 Å². The first-order chi connectivity index (χ1) is 9.65. The zero-order valence-electron chi connectivity index (χ0n) is 11.8. The Hall–Kier alpha value is -1.82. The summed E-state index contributed by atoms with van der Waals surface area (Å²) in [5.74, 6) is 0.614. The highest BCUT2D eigenvalue weighted by Gasteiger charge is 2.01. The van der Waals surface area contributed by atoms with Crippen LogP contribution in [-0.4, -0.2) is 31.8 Å². The molecule has 0 radical (unpaired) electrons. The summed E-state index contributed by atoms with van der Waals surface area (Å²) in [6, 6.07) is 7.78. The summed E-state index contributed by atoms with van der Waals surface area (Å²) in [6.45, 7) is 1.26. The normalized spacial score (nSPS) is 9.70. The lowest BCUT2D eigenvalue weighted by Gasteiger charge is -2.10. The van der Waals surface area contributed by atoms with Gasteiger partial charge in [0.25, 0.3) is 0 Å². The molecule has 0 heterocycles. The number of rotatable bonds is 7. The molecule has 5 nitrogen and oxygen atoms in total. The number of esters is 1. The quantitative estimate of drug-likeness (QED) is 0.453. The first-order valence-electron chi connectivity index (χ1n) is 6.37. The number of carbonyl (C=O) groups is 1. The van der Waals surface area contributed by atoms with Gasteiger partial charge in [0.05, 0.1) is 14.2 Å². The highest BCUT2D eigenvalue weighted by atomic mass is 32.1. The van der Waals surface area contributed by atoms with Crippen molar-refractivity contribution in [3.63, 3.8) is 0 Å². The molecule has 2 N–H and O–H groups in total. The van der Waals surface area contributed by atoms with Crippen molar-refractivity contribution in [3.8, 4) is 5.75 Å². The van der Waals surface area contributed by atoms with E-state index in [0.29, 0.717) is 31.0 Å². The maximum atomic E-state index is 10.9. The maximum absolute atomic E-state index is 10.9. The minimum Gasteiger partial charge on any atom is -0.497 e. The van der Waals surface area contributed by atoms with Crippen LogP contribution in [0.3, 0.4) is 0 Å². The molecule has 0 aliphatic heterocycles. The van der Waals surface area contributed by atoms with Gasteiger partial charge in [-0.05, 0) is 36.3 Å². The molecule has 0 aromatic heterocycles. The molecule has 6 heteroatoms. The smallest absolute Gasteiger partial charge is 0.305 e. The minimum atomic E-state index is -0.206. The average molecular weight is 296 g/mol. The van der Waals surface area contributed by atoms with E-state index in [1.807, 2.05) is 24.3 Å². The van der Waals surface area contributed by atoms with E-state index >= 15 is 0 Å². The fourth-order valence-electron chi connectivity index (χ4n) is 1.56. The van der Waals surface area contributed by atoms with Crippen LogP contribution < -0.4 is 15.4 Å². The molecule has 0 saturated carbocycles. The van der Waals surface area contributed by atoms with Gasteiger partial charge in [-0.3, -0.25) is 4.79 Å². The molecule has 0 aliphatic rings. The number of nitrogens with one attached hydrogen (secondary N) is 2. The van der Waals surface area contributed by atoms with Gasteiger partial charge in [0.15, 0.2) is 5.11 Å². The molecule has 0 fully saturated rings. The number of thiocarbonyl (C=S) groups is 1. The highest BCUT2D eigenvalue weighted by molar-refractivity contribution is 7.80. The van der Waals surface area contributed by atoms with Crippen molar-refractivity contribution in [1.29, 1.82) is 0 Å². The topological polar surface area (TPSA) is 59.6 Å². The lowest BCUT2D eigenvalue weighted by molar-refractivity contribution is -0.140. The van der Waals surface area contributed by atoms with E-state index in [9.17, 15) is 4.79 Å². The monoisotopic (exact) mass is 296 g/mol. The third-order valence-electron chi connectivity index (χ3n) is 2.66. The number of ether oxygens (including phenoxy) is 2. The van der Waals surface area contributed by atoms with E-state index in [2.05, 4.69) is 15.4 Å². The molecular weight excluding hydrogens is 276 g/mol. The number of methoxy groups -OCH3 is 2. The van der Waals surface area contributed by atoms with Gasteiger partial charge in [-0.2, -0.15) is 0 Å². The van der Waals surface area contributed by atoms with Gasteiger partial charge < -0.3 is 20.1 Å². The van der Waals surface area contributed by atoms with Crippen molar-refractivity contribution in [1.82, 2.24) is 10.6 Å². The zero-order valence-corrected chi connectivity index (χ0v) is 12.6. The second kappa shape index (κ2) is 9.14. The van der Waals surface area contributed by atoms with Crippen molar-refractivity contribution in [2.75, 3.05) is 20.8 Å². The SMILES string of the molecule is COC(=O)CCCNC(=S)NCc1cccc(OC)c1. The van der Waals surface area contributed by atoms with Crippen LogP contribution in [0.5, 0.6) is 5.75 Å². The summed E-state index contributed by atoms with van der Waals surface area (Å²) in [4.78, 5) is 10.9. The lowest BCUT2D eigenvalue weighted by Crippen LogP contribution is -2.35. The summed E-state index contributed by atoms with van der Waals surface area (Å²) in [5.41, 5.74) is 1.09. The highest BCUT2D eigenvalue weighted by Crippen LogP contribution is 2.11. The van der Waals surface area contributed by atoms with Crippen molar-refractivity contribution >= 4 is 23.3 Å². The van der Waals surface area contributed by atoms with Gasteiger partial charge in [-0.15, -0.1) is 0 Å². The molecule has 0 unspecified atom stereocenters. The Morgan fingerprint density at radius 3 is 2.80 bits per heavy atom. The fourth-order valence-corrected chi connectivity index (χ4v) is 1.74. The third-order valence-corrected chi connectivity index (χ3v) is 2.95. The van der Waals surface area contributed by atoms with Gasteiger partial charge in [0, 0.05) is 19.5 Å². The minimum absolute atomic E-state index is 0.206. The molecule has 110 valence electrons. The van der Waals surface area contributed by atoms with Crippen LogP contribution in [0, 0.1) is 0 Å². The number of benzene rings is 1. The van der Waals surface area contributed by atoms with Crippen LogP contribution in [0.2, 0.25) is 0 Å². The van der Waals surface area contributed by atoms with Crippen LogP contribution in [0.1, 0.15) is 18.4 Å². The molecular formula is C14H20N2O3S. The van der Waals surface area contributed by atoms with Gasteiger partial charge in [-0.25, -0.2) is 0 Å². The summed E-state index contributed by atoms with van der Waals surface area (Å²) < 4.78 is 9.71. The Kier molecular flexibility index (Phi) is 7.42. The van der Waals surface area contributed by atoms with E-state index in [-0.39, 0.29) is 5.97 Å². The second-order valence-electron chi connectivity index (χ2n) is 4.14. The molecule has 20 heavy (non-hydrogen) atoms. The summed E-state index contributed by atoms with van der Waals surface area (Å²) in [5, 5.41) is 6.71. The van der Waals surface area contributed by atoms with E-state index < -0.39 is 0 Å². The molecule has 1 rings (SSSR count). The van der Waals surface area contributed by atoms with Crippen molar-refractivity contribution < 1.29 is 14.3 Å². The molecule has 0 amide bonds. The molecule has 0 saturated heterocycles. The third kappa shape index (κ3) is 6.38. The predicted octanol–water partition coefficient (Wildman–Crippen LogP) is 1.61. The largest absolute Gasteiger partial charge is 0.497 e. The second-order valence-corrected chi connectivity index (χ2v) is 4.55. The van der Waals surface area contributed by atoms with Crippen molar-refractivity contribution in [2.45, 2.75) is 19.4 Å². The Morgan fingerprint density at radius 2 is 2.10 bits per heavy atom. The van der Waals surface area contributed by atoms with Crippen molar-refractivity contribution in [2.24, 2.45) is 0 Å². The van der Waals surface area contributed by atoms with Gasteiger partial charge >= 0.3 is 5.97 Å². The van der Waals surface area contributed by atoms with Crippen LogP contribution in [-0.2, 0) is 16.1 Å². The van der Waals surface area contributed by atoms with E-state index in [4.69, 9.17) is 17.0 Å².